The highest BCUT2D eigenvalue weighted by Crippen LogP contribution is 2.31. The summed E-state index contributed by atoms with van der Waals surface area (Å²) in [6.07, 6.45) is 4.25. The largest absolute Gasteiger partial charge is 0.349 e. The van der Waals surface area contributed by atoms with E-state index in [9.17, 15) is 5.26 Å². The topological polar surface area (TPSA) is 43.2 Å². The summed E-state index contributed by atoms with van der Waals surface area (Å²) < 4.78 is 0.243. The molecule has 1 aliphatic heterocycles. The lowest BCUT2D eigenvalue weighted by atomic mass is 10.2. The maximum Gasteiger partial charge on any atom is 0.314 e. The Hall–Kier alpha value is -2.42. The zero-order valence-electron chi connectivity index (χ0n) is 15.1. The van der Waals surface area contributed by atoms with Crippen LogP contribution in [0.3, 0.4) is 0 Å². The number of rotatable bonds is 5. The molecule has 5 nitrogen and oxygen atoms in total. The van der Waals surface area contributed by atoms with Gasteiger partial charge in [-0.3, -0.25) is 4.90 Å². The van der Waals surface area contributed by atoms with E-state index in [1.54, 1.807) is 0 Å². The van der Waals surface area contributed by atoms with Gasteiger partial charge in [-0.25, -0.2) is 4.98 Å². The van der Waals surface area contributed by atoms with Crippen LogP contribution in [0.4, 0.5) is 11.5 Å². The number of hydrogen-bond acceptors (Lipinski definition) is 4. The van der Waals surface area contributed by atoms with E-state index in [0.717, 1.165) is 50.8 Å². The molecule has 0 N–H and O–H groups in total. The molecule has 0 saturated carbocycles. The van der Waals surface area contributed by atoms with Gasteiger partial charge in [0.25, 0.3) is 0 Å². The Kier molecular flexibility index (Phi) is 5.32. The van der Waals surface area contributed by atoms with Gasteiger partial charge in [-0.15, -0.1) is 5.26 Å². The fourth-order valence-electron chi connectivity index (χ4n) is 3.27. The van der Waals surface area contributed by atoms with Crippen molar-refractivity contribution in [3.05, 3.63) is 54.2 Å². The standard InChI is InChI=1S/C20H26N5/c1-3-25(2,17-21)19-10-7-11-22-20(19)24-14-12-23(13-15-24)16-18-8-5-4-6-9-18/h4-11H,3,12-16H2,1-2H3/q+1. The average molecular weight is 336 g/mol. The van der Waals surface area contributed by atoms with E-state index < -0.39 is 0 Å². The molecule has 0 amide bonds. The summed E-state index contributed by atoms with van der Waals surface area (Å²) in [6, 6.07) is 14.6. The fourth-order valence-corrected chi connectivity index (χ4v) is 3.27. The first kappa shape index (κ1) is 17.4. The molecule has 1 saturated heterocycles. The predicted molar refractivity (Wildman–Crippen MR) is 102 cm³/mol. The van der Waals surface area contributed by atoms with Gasteiger partial charge in [0.05, 0.1) is 13.6 Å². The van der Waals surface area contributed by atoms with Crippen LogP contribution in [0, 0.1) is 11.5 Å². The number of benzene rings is 1. The second-order valence-electron chi connectivity index (χ2n) is 6.70. The number of quaternary nitrogens is 1. The average Bonchev–Trinajstić information content (AvgIpc) is 2.69. The summed E-state index contributed by atoms with van der Waals surface area (Å²) in [5, 5.41) is 9.64. The molecule has 5 heteroatoms. The summed E-state index contributed by atoms with van der Waals surface area (Å²) >= 11 is 0. The lowest BCUT2D eigenvalue weighted by molar-refractivity contribution is 0.249. The second-order valence-corrected chi connectivity index (χ2v) is 6.70. The Labute approximate surface area is 150 Å². The number of piperazine rings is 1. The molecule has 1 aromatic heterocycles. The highest BCUT2D eigenvalue weighted by molar-refractivity contribution is 5.66. The molecule has 0 spiro atoms. The van der Waals surface area contributed by atoms with Crippen LogP contribution in [0.15, 0.2) is 48.7 Å². The number of anilines is 1. The molecule has 0 radical (unpaired) electrons. The van der Waals surface area contributed by atoms with Crippen LogP contribution in [0.2, 0.25) is 0 Å². The van der Waals surface area contributed by atoms with Gasteiger partial charge in [0.2, 0.25) is 0 Å². The van der Waals surface area contributed by atoms with Crippen molar-refractivity contribution >= 4 is 11.5 Å². The molecule has 0 aliphatic carbocycles. The Morgan fingerprint density at radius 3 is 2.44 bits per heavy atom. The highest BCUT2D eigenvalue weighted by atomic mass is 15.4. The number of nitrogens with zero attached hydrogens (tertiary/aromatic N) is 5. The summed E-state index contributed by atoms with van der Waals surface area (Å²) in [7, 11) is 1.95. The van der Waals surface area contributed by atoms with Gasteiger partial charge in [-0.2, -0.15) is 4.48 Å². The Morgan fingerprint density at radius 2 is 1.80 bits per heavy atom. The molecule has 3 rings (SSSR count). The minimum atomic E-state index is 0.243. The lowest BCUT2D eigenvalue weighted by Crippen LogP contribution is -2.48. The van der Waals surface area contributed by atoms with E-state index in [-0.39, 0.29) is 4.48 Å². The minimum absolute atomic E-state index is 0.243. The second kappa shape index (κ2) is 7.64. The number of pyridine rings is 1. The van der Waals surface area contributed by atoms with Crippen molar-refractivity contribution in [2.45, 2.75) is 13.5 Å². The molecule has 0 bridgehead atoms. The van der Waals surface area contributed by atoms with E-state index in [2.05, 4.69) is 51.3 Å². The monoisotopic (exact) mass is 336 g/mol. The van der Waals surface area contributed by atoms with Gasteiger partial charge in [-0.05, 0) is 18.6 Å². The first-order valence-electron chi connectivity index (χ1n) is 8.90. The summed E-state index contributed by atoms with van der Waals surface area (Å²) in [6.45, 7) is 7.64. The smallest absolute Gasteiger partial charge is 0.314 e. The number of aromatic nitrogens is 1. The maximum atomic E-state index is 9.64. The van der Waals surface area contributed by atoms with E-state index in [1.165, 1.54) is 5.56 Å². The molecule has 130 valence electrons. The maximum absolute atomic E-state index is 9.64. The van der Waals surface area contributed by atoms with Crippen LogP contribution in [-0.4, -0.2) is 49.7 Å². The quantitative estimate of drug-likeness (QED) is 0.622. The van der Waals surface area contributed by atoms with Crippen LogP contribution in [0.1, 0.15) is 12.5 Å². The van der Waals surface area contributed by atoms with Crippen LogP contribution < -0.4 is 9.38 Å². The molecular weight excluding hydrogens is 310 g/mol. The number of hydrogen-bond donors (Lipinski definition) is 0. The minimum Gasteiger partial charge on any atom is -0.349 e. The molecule has 1 fully saturated rings. The van der Waals surface area contributed by atoms with Crippen molar-refractivity contribution in [1.29, 1.82) is 5.26 Å². The van der Waals surface area contributed by atoms with Gasteiger partial charge in [0.1, 0.15) is 0 Å². The van der Waals surface area contributed by atoms with Crippen molar-refractivity contribution in [1.82, 2.24) is 14.4 Å². The third-order valence-corrected chi connectivity index (χ3v) is 5.07. The van der Waals surface area contributed by atoms with E-state index >= 15 is 0 Å². The molecule has 1 atom stereocenters. The first-order valence-corrected chi connectivity index (χ1v) is 8.90. The Morgan fingerprint density at radius 1 is 1.08 bits per heavy atom. The van der Waals surface area contributed by atoms with Gasteiger partial charge in [0.15, 0.2) is 11.5 Å². The van der Waals surface area contributed by atoms with Crippen molar-refractivity contribution in [2.75, 3.05) is 44.7 Å². The zero-order valence-corrected chi connectivity index (χ0v) is 15.1. The van der Waals surface area contributed by atoms with Crippen molar-refractivity contribution in [3.8, 4) is 6.19 Å². The van der Waals surface area contributed by atoms with Crippen LogP contribution in [0.5, 0.6) is 0 Å². The van der Waals surface area contributed by atoms with Crippen LogP contribution in [0.25, 0.3) is 0 Å². The van der Waals surface area contributed by atoms with Gasteiger partial charge >= 0.3 is 6.19 Å². The molecule has 1 aromatic carbocycles. The van der Waals surface area contributed by atoms with E-state index in [1.807, 2.05) is 32.3 Å². The first-order chi connectivity index (χ1) is 12.2. The van der Waals surface area contributed by atoms with Gasteiger partial charge in [0, 0.05) is 45.0 Å². The van der Waals surface area contributed by atoms with Crippen LogP contribution >= 0.6 is 0 Å². The third-order valence-electron chi connectivity index (χ3n) is 5.07. The summed E-state index contributed by atoms with van der Waals surface area (Å²) in [5.74, 6) is 0.952. The van der Waals surface area contributed by atoms with Crippen molar-refractivity contribution < 1.29 is 0 Å². The molecule has 1 unspecified atom stereocenters. The predicted octanol–water partition coefficient (Wildman–Crippen LogP) is 2.84. The third kappa shape index (κ3) is 3.81. The number of nitriles is 1. The lowest BCUT2D eigenvalue weighted by Gasteiger charge is -2.37. The van der Waals surface area contributed by atoms with E-state index in [0.29, 0.717) is 0 Å². The fraction of sp³-hybridized carbons (Fsp3) is 0.400. The zero-order chi connectivity index (χ0) is 17.7. The van der Waals surface area contributed by atoms with Gasteiger partial charge < -0.3 is 4.90 Å². The SMILES string of the molecule is CC[N+](C)(C#N)c1cccnc1N1CCN(Cc2ccccc2)CC1. The van der Waals surface area contributed by atoms with Gasteiger partial charge in [-0.1, -0.05) is 30.3 Å². The van der Waals surface area contributed by atoms with E-state index in [4.69, 9.17) is 0 Å². The molecule has 1 aliphatic rings. The highest BCUT2D eigenvalue weighted by Gasteiger charge is 2.31. The van der Waals surface area contributed by atoms with Crippen molar-refractivity contribution in [2.24, 2.45) is 0 Å². The summed E-state index contributed by atoms with van der Waals surface area (Å²) in [5.41, 5.74) is 2.35. The van der Waals surface area contributed by atoms with Crippen molar-refractivity contribution in [3.63, 3.8) is 0 Å². The summed E-state index contributed by atoms with van der Waals surface area (Å²) in [4.78, 5) is 9.41. The molecule has 2 aromatic rings. The Bertz CT molecular complexity index is 731. The molecular formula is C20H26N5+. The molecule has 2 heterocycles. The van der Waals surface area contributed by atoms with Crippen LogP contribution in [-0.2, 0) is 6.54 Å². The Balaban J connectivity index is 1.71. The normalized spacial score (nSPS) is 17.7. The molecule has 25 heavy (non-hydrogen) atoms.